The summed E-state index contributed by atoms with van der Waals surface area (Å²) in [6.45, 7) is 0.179. The minimum absolute atomic E-state index is 0.0784. The van der Waals surface area contributed by atoms with Crippen LogP contribution in [0, 0.1) is 0 Å². The number of halogens is 1. The number of likely N-dealkylation sites (tertiary alicyclic amines) is 1. The monoisotopic (exact) mass is 299 g/mol. The summed E-state index contributed by atoms with van der Waals surface area (Å²) >= 11 is 5.93. The van der Waals surface area contributed by atoms with Gasteiger partial charge in [-0.1, -0.05) is 11.6 Å². The van der Waals surface area contributed by atoms with Crippen LogP contribution >= 0.6 is 11.6 Å². The maximum absolute atomic E-state index is 12.4. The predicted molar refractivity (Wildman–Crippen MR) is 71.0 cm³/mol. The van der Waals surface area contributed by atoms with Gasteiger partial charge in [0, 0.05) is 20.1 Å². The van der Waals surface area contributed by atoms with E-state index in [2.05, 4.69) is 0 Å². The summed E-state index contributed by atoms with van der Waals surface area (Å²) in [6, 6.07) is 3.02. The maximum Gasteiger partial charge on any atom is 0.326 e. The molecule has 2 rings (SSSR count). The van der Waals surface area contributed by atoms with Crippen molar-refractivity contribution in [3.63, 3.8) is 0 Å². The number of carboxylic acid groups (broad SMARTS) is 1. The molecular formula is C13H14ClNO5. The average molecular weight is 300 g/mol. The number of aromatic hydroxyl groups is 1. The molecule has 1 aromatic carbocycles. The predicted octanol–water partition coefficient (Wildman–Crippen LogP) is 1.36. The molecule has 0 radical (unpaired) electrons. The molecule has 0 aliphatic carbocycles. The number of rotatable bonds is 3. The first kappa shape index (κ1) is 14.6. The van der Waals surface area contributed by atoms with Gasteiger partial charge in [-0.05, 0) is 18.2 Å². The molecule has 1 heterocycles. The molecule has 0 aromatic heterocycles. The van der Waals surface area contributed by atoms with Crippen LogP contribution in [0.4, 0.5) is 0 Å². The largest absolute Gasteiger partial charge is 0.508 e. The number of hydrogen-bond acceptors (Lipinski definition) is 4. The smallest absolute Gasteiger partial charge is 0.326 e. The molecule has 20 heavy (non-hydrogen) atoms. The Morgan fingerprint density at radius 3 is 2.75 bits per heavy atom. The fourth-order valence-corrected chi connectivity index (χ4v) is 2.46. The van der Waals surface area contributed by atoms with Gasteiger partial charge in [0.25, 0.3) is 5.91 Å². The summed E-state index contributed by atoms with van der Waals surface area (Å²) in [5, 5.41) is 18.8. The number of ether oxygens (including phenoxy) is 1. The number of carbonyl (C=O) groups excluding carboxylic acids is 1. The van der Waals surface area contributed by atoms with Crippen LogP contribution in [0.2, 0.25) is 5.02 Å². The third kappa shape index (κ3) is 2.71. The van der Waals surface area contributed by atoms with Crippen molar-refractivity contribution in [2.24, 2.45) is 0 Å². The molecule has 1 aliphatic heterocycles. The van der Waals surface area contributed by atoms with E-state index in [1.807, 2.05) is 0 Å². The molecule has 0 bridgehead atoms. The summed E-state index contributed by atoms with van der Waals surface area (Å²) < 4.78 is 5.12. The molecule has 2 unspecified atom stereocenters. The van der Waals surface area contributed by atoms with Crippen molar-refractivity contribution < 1.29 is 24.5 Å². The topological polar surface area (TPSA) is 87.1 Å². The molecule has 1 amide bonds. The number of phenolic OH excluding ortho intramolecular Hbond substituents is 1. The van der Waals surface area contributed by atoms with Crippen molar-refractivity contribution in [3.05, 3.63) is 28.8 Å². The Morgan fingerprint density at radius 2 is 2.15 bits per heavy atom. The van der Waals surface area contributed by atoms with E-state index in [-0.39, 0.29) is 35.4 Å². The van der Waals surface area contributed by atoms with E-state index in [1.54, 1.807) is 0 Å². The summed E-state index contributed by atoms with van der Waals surface area (Å²) in [4.78, 5) is 24.8. The van der Waals surface area contributed by atoms with E-state index in [0.29, 0.717) is 0 Å². The second-order valence-corrected chi connectivity index (χ2v) is 4.98. The number of nitrogens with zero attached hydrogens (tertiary/aromatic N) is 1. The number of hydrogen-bond donors (Lipinski definition) is 2. The fourth-order valence-electron chi connectivity index (χ4n) is 2.26. The molecule has 1 fully saturated rings. The Bertz CT molecular complexity index is 548. The summed E-state index contributed by atoms with van der Waals surface area (Å²) in [7, 11) is 1.47. The van der Waals surface area contributed by atoms with Crippen LogP contribution < -0.4 is 0 Å². The maximum atomic E-state index is 12.4. The van der Waals surface area contributed by atoms with Crippen molar-refractivity contribution in [1.82, 2.24) is 4.90 Å². The highest BCUT2D eigenvalue weighted by molar-refractivity contribution is 6.34. The second-order valence-electron chi connectivity index (χ2n) is 4.57. The molecule has 7 heteroatoms. The zero-order chi connectivity index (χ0) is 14.9. The quantitative estimate of drug-likeness (QED) is 0.880. The van der Waals surface area contributed by atoms with E-state index in [9.17, 15) is 19.8 Å². The first-order chi connectivity index (χ1) is 9.43. The van der Waals surface area contributed by atoms with Gasteiger partial charge >= 0.3 is 5.97 Å². The molecule has 0 spiro atoms. The lowest BCUT2D eigenvalue weighted by Crippen LogP contribution is -2.40. The summed E-state index contributed by atoms with van der Waals surface area (Å²) in [5.41, 5.74) is 0.0784. The van der Waals surface area contributed by atoms with Gasteiger partial charge in [-0.25, -0.2) is 4.79 Å². The van der Waals surface area contributed by atoms with Crippen LogP contribution in [-0.2, 0) is 9.53 Å². The minimum atomic E-state index is -1.09. The van der Waals surface area contributed by atoms with E-state index in [0.717, 1.165) is 0 Å². The number of aliphatic carboxylic acids is 1. The summed E-state index contributed by atoms with van der Waals surface area (Å²) in [6.07, 6.45) is -0.0929. The van der Waals surface area contributed by atoms with E-state index >= 15 is 0 Å². The number of benzene rings is 1. The Morgan fingerprint density at radius 1 is 1.45 bits per heavy atom. The van der Waals surface area contributed by atoms with Crippen LogP contribution in [0.15, 0.2) is 18.2 Å². The van der Waals surface area contributed by atoms with Crippen molar-refractivity contribution in [2.75, 3.05) is 13.7 Å². The van der Waals surface area contributed by atoms with Crippen molar-refractivity contribution in [1.29, 1.82) is 0 Å². The lowest BCUT2D eigenvalue weighted by Gasteiger charge is -2.21. The second kappa shape index (κ2) is 5.68. The Balaban J connectivity index is 2.31. The van der Waals surface area contributed by atoms with E-state index < -0.39 is 17.9 Å². The van der Waals surface area contributed by atoms with Crippen molar-refractivity contribution in [3.8, 4) is 5.75 Å². The van der Waals surface area contributed by atoms with Gasteiger partial charge in [0.1, 0.15) is 11.8 Å². The van der Waals surface area contributed by atoms with Gasteiger partial charge in [-0.15, -0.1) is 0 Å². The highest BCUT2D eigenvalue weighted by atomic mass is 35.5. The molecule has 108 valence electrons. The first-order valence-electron chi connectivity index (χ1n) is 5.99. The molecule has 2 N–H and O–H groups in total. The molecular weight excluding hydrogens is 286 g/mol. The number of methoxy groups -OCH3 is 1. The highest BCUT2D eigenvalue weighted by Crippen LogP contribution is 2.27. The fraction of sp³-hybridized carbons (Fsp3) is 0.385. The Kier molecular flexibility index (Phi) is 4.15. The van der Waals surface area contributed by atoms with Gasteiger partial charge in [0.15, 0.2) is 0 Å². The van der Waals surface area contributed by atoms with Gasteiger partial charge in [-0.3, -0.25) is 4.79 Å². The molecule has 0 saturated carbocycles. The molecule has 6 nitrogen and oxygen atoms in total. The zero-order valence-electron chi connectivity index (χ0n) is 10.7. The SMILES string of the molecule is COC1CC(C(=O)O)N(C(=O)c2cc(O)ccc2Cl)C1. The Hall–Kier alpha value is -1.79. The van der Waals surface area contributed by atoms with Crippen LogP contribution in [0.1, 0.15) is 16.8 Å². The minimum Gasteiger partial charge on any atom is -0.508 e. The molecule has 1 aromatic rings. The molecule has 1 saturated heterocycles. The zero-order valence-corrected chi connectivity index (χ0v) is 11.5. The van der Waals surface area contributed by atoms with Gasteiger partial charge < -0.3 is 19.8 Å². The normalized spacial score (nSPS) is 22.0. The average Bonchev–Trinajstić information content (AvgIpc) is 2.85. The number of amides is 1. The third-order valence-electron chi connectivity index (χ3n) is 3.32. The lowest BCUT2D eigenvalue weighted by molar-refractivity contribution is -0.141. The highest BCUT2D eigenvalue weighted by Gasteiger charge is 2.40. The standard InChI is InChI=1S/C13H14ClNO5/c1-20-8-5-11(13(18)19)15(6-8)12(17)9-4-7(16)2-3-10(9)14/h2-4,8,11,16H,5-6H2,1H3,(H,18,19). The van der Waals surface area contributed by atoms with Gasteiger partial charge in [-0.2, -0.15) is 0 Å². The van der Waals surface area contributed by atoms with Crippen molar-refractivity contribution in [2.45, 2.75) is 18.6 Å². The Labute approximate surface area is 120 Å². The van der Waals surface area contributed by atoms with E-state index in [1.165, 1.54) is 30.2 Å². The van der Waals surface area contributed by atoms with Gasteiger partial charge in [0.2, 0.25) is 0 Å². The van der Waals surface area contributed by atoms with Crippen molar-refractivity contribution >= 4 is 23.5 Å². The third-order valence-corrected chi connectivity index (χ3v) is 3.65. The lowest BCUT2D eigenvalue weighted by atomic mass is 10.1. The van der Waals surface area contributed by atoms with Crippen LogP contribution in [0.3, 0.4) is 0 Å². The first-order valence-corrected chi connectivity index (χ1v) is 6.37. The summed E-state index contributed by atoms with van der Waals surface area (Å²) in [5.74, 6) is -1.72. The van der Waals surface area contributed by atoms with Crippen LogP contribution in [0.5, 0.6) is 5.75 Å². The van der Waals surface area contributed by atoms with Crippen LogP contribution in [-0.4, -0.2) is 52.8 Å². The number of phenols is 1. The number of carbonyl (C=O) groups is 2. The van der Waals surface area contributed by atoms with Crippen LogP contribution in [0.25, 0.3) is 0 Å². The number of carboxylic acids is 1. The molecule has 2 atom stereocenters. The molecule has 1 aliphatic rings. The van der Waals surface area contributed by atoms with E-state index in [4.69, 9.17) is 16.3 Å². The van der Waals surface area contributed by atoms with Gasteiger partial charge in [0.05, 0.1) is 16.7 Å².